The Bertz CT molecular complexity index is 658. The molecule has 0 saturated heterocycles. The van der Waals surface area contributed by atoms with Gasteiger partial charge in [0.05, 0.1) is 11.8 Å². The van der Waals surface area contributed by atoms with E-state index < -0.39 is 17.8 Å². The summed E-state index contributed by atoms with van der Waals surface area (Å²) in [5.41, 5.74) is 0.617. The molecular formula is C17H19NO5. The van der Waals surface area contributed by atoms with Gasteiger partial charge in [0.2, 0.25) is 5.91 Å². The van der Waals surface area contributed by atoms with Crippen molar-refractivity contribution in [3.63, 3.8) is 0 Å². The standard InChI is InChI=1S/C17H19NO5/c19-16(14-9-1-2-10(7-9)15(14)17(20)21)18-11-3-4-12-13(8-11)23-6-5-22-12/h3-4,8-10,14-15H,1-2,5-7H2,(H,18,19)(H,20,21)/t9-,10+,14-,15-/m0/s1. The lowest BCUT2D eigenvalue weighted by Gasteiger charge is -2.27. The van der Waals surface area contributed by atoms with Crippen LogP contribution in [0.25, 0.3) is 0 Å². The fourth-order valence-corrected chi connectivity index (χ4v) is 4.37. The summed E-state index contributed by atoms with van der Waals surface area (Å²) in [6, 6.07) is 5.25. The van der Waals surface area contributed by atoms with Crippen molar-refractivity contribution in [1.82, 2.24) is 0 Å². The van der Waals surface area contributed by atoms with E-state index in [-0.39, 0.29) is 17.7 Å². The van der Waals surface area contributed by atoms with E-state index in [1.807, 2.05) is 0 Å². The summed E-state index contributed by atoms with van der Waals surface area (Å²) >= 11 is 0. The molecule has 1 aromatic carbocycles. The lowest BCUT2D eigenvalue weighted by atomic mass is 9.78. The first-order valence-electron chi connectivity index (χ1n) is 8.07. The zero-order valence-electron chi connectivity index (χ0n) is 12.7. The number of ether oxygens (including phenoxy) is 2. The van der Waals surface area contributed by atoms with Gasteiger partial charge in [0, 0.05) is 11.8 Å². The first kappa shape index (κ1) is 14.4. The SMILES string of the molecule is O=C(O)[C@H]1[C@@H]2CC[C@@H](C2)[C@@H]1C(=O)Nc1ccc2c(c1)OCCO2. The van der Waals surface area contributed by atoms with Crippen LogP contribution >= 0.6 is 0 Å². The predicted octanol–water partition coefficient (Wildman–Crippen LogP) is 2.14. The van der Waals surface area contributed by atoms with Gasteiger partial charge in [-0.25, -0.2) is 0 Å². The van der Waals surface area contributed by atoms with Gasteiger partial charge < -0.3 is 19.9 Å². The Morgan fingerprint density at radius 1 is 1.04 bits per heavy atom. The maximum atomic E-state index is 12.6. The van der Waals surface area contributed by atoms with Crippen LogP contribution in [0.3, 0.4) is 0 Å². The number of carboxylic acids is 1. The van der Waals surface area contributed by atoms with Crippen LogP contribution < -0.4 is 14.8 Å². The monoisotopic (exact) mass is 317 g/mol. The third kappa shape index (κ3) is 2.42. The number of nitrogens with one attached hydrogen (secondary N) is 1. The van der Waals surface area contributed by atoms with E-state index >= 15 is 0 Å². The lowest BCUT2D eigenvalue weighted by molar-refractivity contribution is -0.148. The van der Waals surface area contributed by atoms with Crippen molar-refractivity contribution in [2.24, 2.45) is 23.7 Å². The van der Waals surface area contributed by atoms with Crippen LogP contribution in [0, 0.1) is 23.7 Å². The second kappa shape index (κ2) is 5.44. The summed E-state index contributed by atoms with van der Waals surface area (Å²) in [7, 11) is 0. The summed E-state index contributed by atoms with van der Waals surface area (Å²) in [4.78, 5) is 24.2. The van der Waals surface area contributed by atoms with Gasteiger partial charge in [-0.15, -0.1) is 0 Å². The quantitative estimate of drug-likeness (QED) is 0.892. The molecule has 6 nitrogen and oxygen atoms in total. The number of benzene rings is 1. The summed E-state index contributed by atoms with van der Waals surface area (Å²) < 4.78 is 11.0. The molecule has 2 N–H and O–H groups in total. The van der Waals surface area contributed by atoms with Crippen molar-refractivity contribution in [1.29, 1.82) is 0 Å². The van der Waals surface area contributed by atoms with Crippen molar-refractivity contribution >= 4 is 17.6 Å². The predicted molar refractivity (Wildman–Crippen MR) is 81.5 cm³/mol. The maximum Gasteiger partial charge on any atom is 0.307 e. The molecule has 2 aliphatic carbocycles. The Morgan fingerprint density at radius 3 is 2.48 bits per heavy atom. The highest BCUT2D eigenvalue weighted by Gasteiger charge is 2.53. The molecule has 1 aliphatic heterocycles. The number of carbonyl (C=O) groups is 2. The number of hydrogen-bond donors (Lipinski definition) is 2. The molecule has 4 rings (SSSR count). The van der Waals surface area contributed by atoms with Crippen molar-refractivity contribution in [3.8, 4) is 11.5 Å². The molecule has 1 amide bonds. The number of fused-ring (bicyclic) bond motifs is 3. The van der Waals surface area contributed by atoms with Crippen molar-refractivity contribution in [3.05, 3.63) is 18.2 Å². The number of carboxylic acid groups (broad SMARTS) is 1. The molecule has 6 heteroatoms. The third-order valence-corrected chi connectivity index (χ3v) is 5.31. The highest BCUT2D eigenvalue weighted by Crippen LogP contribution is 2.52. The molecule has 2 bridgehead atoms. The normalized spacial score (nSPS) is 31.0. The Hall–Kier alpha value is -2.24. The average molecular weight is 317 g/mol. The molecule has 2 saturated carbocycles. The molecule has 23 heavy (non-hydrogen) atoms. The third-order valence-electron chi connectivity index (χ3n) is 5.31. The van der Waals surface area contributed by atoms with E-state index in [9.17, 15) is 14.7 Å². The van der Waals surface area contributed by atoms with Gasteiger partial charge >= 0.3 is 5.97 Å². The zero-order valence-corrected chi connectivity index (χ0v) is 12.7. The Kier molecular flexibility index (Phi) is 3.39. The first-order valence-corrected chi connectivity index (χ1v) is 8.07. The van der Waals surface area contributed by atoms with Crippen LogP contribution in [0.5, 0.6) is 11.5 Å². The number of anilines is 1. The number of hydrogen-bond acceptors (Lipinski definition) is 4. The van der Waals surface area contributed by atoms with Crippen LogP contribution in [0.1, 0.15) is 19.3 Å². The number of carbonyl (C=O) groups excluding carboxylic acids is 1. The highest BCUT2D eigenvalue weighted by atomic mass is 16.6. The molecule has 0 unspecified atom stereocenters. The van der Waals surface area contributed by atoms with Gasteiger partial charge in [-0.3, -0.25) is 9.59 Å². The molecule has 122 valence electrons. The highest BCUT2D eigenvalue weighted by molar-refractivity contribution is 5.96. The van der Waals surface area contributed by atoms with E-state index in [0.717, 1.165) is 19.3 Å². The summed E-state index contributed by atoms with van der Waals surface area (Å²) in [6.45, 7) is 1.00. The number of rotatable bonds is 3. The smallest absolute Gasteiger partial charge is 0.307 e. The van der Waals surface area contributed by atoms with Crippen LogP contribution in [-0.2, 0) is 9.59 Å². The van der Waals surface area contributed by atoms with Crippen LogP contribution in [0.15, 0.2) is 18.2 Å². The second-order valence-electron chi connectivity index (χ2n) is 6.57. The van der Waals surface area contributed by atoms with E-state index in [0.29, 0.717) is 30.4 Å². The minimum atomic E-state index is -0.848. The van der Waals surface area contributed by atoms with E-state index in [2.05, 4.69) is 5.32 Å². The van der Waals surface area contributed by atoms with E-state index in [1.165, 1.54) is 0 Å². The largest absolute Gasteiger partial charge is 0.486 e. The second-order valence-corrected chi connectivity index (χ2v) is 6.57. The summed E-state index contributed by atoms with van der Waals surface area (Å²) in [5.74, 6) is -0.410. The first-order chi connectivity index (χ1) is 11.1. The zero-order chi connectivity index (χ0) is 16.0. The Balaban J connectivity index is 1.52. The minimum absolute atomic E-state index is 0.147. The minimum Gasteiger partial charge on any atom is -0.486 e. The van der Waals surface area contributed by atoms with Gasteiger partial charge in [0.15, 0.2) is 11.5 Å². The molecule has 0 aromatic heterocycles. The van der Waals surface area contributed by atoms with Gasteiger partial charge in [-0.1, -0.05) is 0 Å². The van der Waals surface area contributed by atoms with E-state index in [1.54, 1.807) is 18.2 Å². The fourth-order valence-electron chi connectivity index (χ4n) is 4.37. The van der Waals surface area contributed by atoms with Gasteiger partial charge in [-0.2, -0.15) is 0 Å². The lowest BCUT2D eigenvalue weighted by Crippen LogP contribution is -2.37. The Morgan fingerprint density at radius 2 is 1.74 bits per heavy atom. The number of amides is 1. The average Bonchev–Trinajstić information content (AvgIpc) is 3.15. The molecular weight excluding hydrogens is 298 g/mol. The molecule has 1 aromatic rings. The molecule has 0 radical (unpaired) electrons. The van der Waals surface area contributed by atoms with Crippen molar-refractivity contribution in [2.75, 3.05) is 18.5 Å². The van der Waals surface area contributed by atoms with Gasteiger partial charge in [-0.05, 0) is 43.2 Å². The molecule has 1 heterocycles. The molecule has 0 spiro atoms. The van der Waals surface area contributed by atoms with Crippen molar-refractivity contribution in [2.45, 2.75) is 19.3 Å². The summed E-state index contributed by atoms with van der Waals surface area (Å²) in [5, 5.41) is 12.3. The summed E-state index contributed by atoms with van der Waals surface area (Å²) in [6.07, 6.45) is 2.74. The van der Waals surface area contributed by atoms with Crippen molar-refractivity contribution < 1.29 is 24.2 Å². The van der Waals surface area contributed by atoms with Crippen LogP contribution in [0.4, 0.5) is 5.69 Å². The maximum absolute atomic E-state index is 12.6. The molecule has 2 fully saturated rings. The number of aliphatic carboxylic acids is 1. The van der Waals surface area contributed by atoms with Gasteiger partial charge in [0.25, 0.3) is 0 Å². The van der Waals surface area contributed by atoms with E-state index in [4.69, 9.17) is 9.47 Å². The van der Waals surface area contributed by atoms with Crippen LogP contribution in [-0.4, -0.2) is 30.2 Å². The molecule has 4 atom stereocenters. The Labute approximate surface area is 133 Å². The van der Waals surface area contributed by atoms with Crippen LogP contribution in [0.2, 0.25) is 0 Å². The fraction of sp³-hybridized carbons (Fsp3) is 0.529. The topological polar surface area (TPSA) is 84.9 Å². The molecule has 3 aliphatic rings. The van der Waals surface area contributed by atoms with Gasteiger partial charge in [0.1, 0.15) is 13.2 Å².